The Kier molecular flexibility index (Phi) is 9.66. The van der Waals surface area contributed by atoms with Crippen molar-refractivity contribution >= 4 is 40.9 Å². The summed E-state index contributed by atoms with van der Waals surface area (Å²) in [4.78, 5) is 12.3. The van der Waals surface area contributed by atoms with Gasteiger partial charge in [-0.15, -0.1) is 16.8 Å². The SMILES string of the molecule is C=CCn1c(CCCOc2ccc(Cl)cc2C)nnc1SCC(=O)NCc1ccc(Cl)cc1. The van der Waals surface area contributed by atoms with Crippen molar-refractivity contribution < 1.29 is 9.53 Å². The molecular formula is C24H26Cl2N4O2S. The maximum Gasteiger partial charge on any atom is 0.230 e. The third-order valence-corrected chi connectivity index (χ3v) is 6.23. The van der Waals surface area contributed by atoms with E-state index < -0.39 is 0 Å². The van der Waals surface area contributed by atoms with Crippen LogP contribution < -0.4 is 10.1 Å². The number of aromatic nitrogens is 3. The molecular weight excluding hydrogens is 479 g/mol. The zero-order valence-electron chi connectivity index (χ0n) is 18.4. The van der Waals surface area contributed by atoms with E-state index in [-0.39, 0.29) is 11.7 Å². The molecule has 0 bridgehead atoms. The molecule has 1 N–H and O–H groups in total. The fraction of sp³-hybridized carbons (Fsp3) is 0.292. The number of allylic oxidation sites excluding steroid dienone is 1. The van der Waals surface area contributed by atoms with Gasteiger partial charge in [0.25, 0.3) is 0 Å². The van der Waals surface area contributed by atoms with Crippen molar-refractivity contribution in [2.45, 2.75) is 38.0 Å². The summed E-state index contributed by atoms with van der Waals surface area (Å²) in [5.74, 6) is 1.85. The molecule has 0 saturated heterocycles. The first kappa shape index (κ1) is 25.1. The van der Waals surface area contributed by atoms with Crippen LogP contribution in [0.2, 0.25) is 10.0 Å². The average Bonchev–Trinajstić information content (AvgIpc) is 3.18. The summed E-state index contributed by atoms with van der Waals surface area (Å²) in [6, 6.07) is 13.0. The molecule has 0 atom stereocenters. The maximum absolute atomic E-state index is 12.3. The van der Waals surface area contributed by atoms with E-state index >= 15 is 0 Å². The zero-order valence-corrected chi connectivity index (χ0v) is 20.7. The van der Waals surface area contributed by atoms with Crippen molar-refractivity contribution in [2.24, 2.45) is 0 Å². The number of amides is 1. The highest BCUT2D eigenvalue weighted by atomic mass is 35.5. The van der Waals surface area contributed by atoms with E-state index in [1.807, 2.05) is 41.8 Å². The van der Waals surface area contributed by atoms with Crippen LogP contribution in [0.5, 0.6) is 5.75 Å². The molecule has 3 rings (SSSR count). The third kappa shape index (κ3) is 7.81. The number of halogens is 2. The summed E-state index contributed by atoms with van der Waals surface area (Å²) in [6.45, 7) is 7.38. The van der Waals surface area contributed by atoms with E-state index in [0.717, 1.165) is 29.1 Å². The normalized spacial score (nSPS) is 10.8. The molecule has 1 heterocycles. The number of aryl methyl sites for hydroxylation is 2. The Balaban J connectivity index is 1.48. The standard InChI is InChI=1S/C24H26Cl2N4O2S/c1-3-12-30-22(5-4-13-32-21-11-10-20(26)14-17(21)2)28-29-24(30)33-16-23(31)27-15-18-6-8-19(25)9-7-18/h3,6-11,14H,1,4-5,12-13,15-16H2,2H3,(H,27,31). The number of ether oxygens (including phenoxy) is 1. The Hall–Kier alpha value is -2.48. The van der Waals surface area contributed by atoms with Gasteiger partial charge in [0.1, 0.15) is 11.6 Å². The molecule has 0 aliphatic heterocycles. The summed E-state index contributed by atoms with van der Waals surface area (Å²) >= 11 is 13.2. The van der Waals surface area contributed by atoms with Crippen LogP contribution in [0, 0.1) is 6.92 Å². The van der Waals surface area contributed by atoms with Crippen LogP contribution in [0.3, 0.4) is 0 Å². The summed E-state index contributed by atoms with van der Waals surface area (Å²) in [7, 11) is 0. The van der Waals surface area contributed by atoms with Crippen LogP contribution in [-0.2, 0) is 24.3 Å². The molecule has 33 heavy (non-hydrogen) atoms. The predicted molar refractivity (Wildman–Crippen MR) is 134 cm³/mol. The highest BCUT2D eigenvalue weighted by molar-refractivity contribution is 7.99. The second kappa shape index (κ2) is 12.7. The fourth-order valence-corrected chi connectivity index (χ4v) is 4.24. The molecule has 0 spiro atoms. The molecule has 1 aromatic heterocycles. The molecule has 1 amide bonds. The van der Waals surface area contributed by atoms with Gasteiger partial charge in [0.2, 0.25) is 5.91 Å². The summed E-state index contributed by atoms with van der Waals surface area (Å²) in [6.07, 6.45) is 3.28. The van der Waals surface area contributed by atoms with E-state index in [0.29, 0.717) is 41.3 Å². The number of rotatable bonds is 12. The Morgan fingerprint density at radius 3 is 2.67 bits per heavy atom. The van der Waals surface area contributed by atoms with Crippen LogP contribution in [0.1, 0.15) is 23.4 Å². The van der Waals surface area contributed by atoms with Gasteiger partial charge in [-0.2, -0.15) is 0 Å². The largest absolute Gasteiger partial charge is 0.493 e. The summed E-state index contributed by atoms with van der Waals surface area (Å²) in [5.41, 5.74) is 2.00. The predicted octanol–water partition coefficient (Wildman–Crippen LogP) is 5.50. The number of carbonyl (C=O) groups is 1. The van der Waals surface area contributed by atoms with Gasteiger partial charge in [0, 0.05) is 29.6 Å². The average molecular weight is 505 g/mol. The van der Waals surface area contributed by atoms with E-state index in [2.05, 4.69) is 22.1 Å². The van der Waals surface area contributed by atoms with Crippen molar-refractivity contribution in [1.82, 2.24) is 20.1 Å². The molecule has 3 aromatic rings. The molecule has 0 radical (unpaired) electrons. The molecule has 2 aromatic carbocycles. The molecule has 0 unspecified atom stereocenters. The van der Waals surface area contributed by atoms with Crippen LogP contribution in [0.25, 0.3) is 0 Å². The quantitative estimate of drug-likeness (QED) is 0.200. The second-order valence-corrected chi connectivity index (χ2v) is 9.17. The number of thioether (sulfide) groups is 1. The van der Waals surface area contributed by atoms with Gasteiger partial charge in [-0.05, 0) is 54.8 Å². The minimum atomic E-state index is -0.0728. The molecule has 6 nitrogen and oxygen atoms in total. The Morgan fingerprint density at radius 1 is 1.18 bits per heavy atom. The molecule has 0 aliphatic carbocycles. The van der Waals surface area contributed by atoms with Crippen molar-refractivity contribution in [2.75, 3.05) is 12.4 Å². The first-order valence-corrected chi connectivity index (χ1v) is 12.3. The number of nitrogens with zero attached hydrogens (tertiary/aromatic N) is 3. The smallest absolute Gasteiger partial charge is 0.230 e. The van der Waals surface area contributed by atoms with Gasteiger partial charge in [0.05, 0.1) is 12.4 Å². The number of benzene rings is 2. The molecule has 0 saturated carbocycles. The Bertz CT molecular complexity index is 1090. The molecule has 174 valence electrons. The van der Waals surface area contributed by atoms with E-state index in [4.69, 9.17) is 27.9 Å². The first-order valence-electron chi connectivity index (χ1n) is 10.5. The molecule has 0 aliphatic rings. The minimum absolute atomic E-state index is 0.0728. The Labute approximate surface area is 208 Å². The van der Waals surface area contributed by atoms with Crippen LogP contribution in [0.4, 0.5) is 0 Å². The van der Waals surface area contributed by atoms with Crippen LogP contribution in [0.15, 0.2) is 60.3 Å². The highest BCUT2D eigenvalue weighted by Crippen LogP contribution is 2.22. The van der Waals surface area contributed by atoms with Crippen molar-refractivity contribution in [1.29, 1.82) is 0 Å². The number of carbonyl (C=O) groups excluding carboxylic acids is 1. The second-order valence-electron chi connectivity index (χ2n) is 7.35. The third-order valence-electron chi connectivity index (χ3n) is 4.78. The monoisotopic (exact) mass is 504 g/mol. The minimum Gasteiger partial charge on any atom is -0.493 e. The van der Waals surface area contributed by atoms with Gasteiger partial charge in [0.15, 0.2) is 5.16 Å². The number of hydrogen-bond donors (Lipinski definition) is 1. The van der Waals surface area contributed by atoms with E-state index in [1.54, 1.807) is 18.2 Å². The lowest BCUT2D eigenvalue weighted by atomic mass is 10.2. The van der Waals surface area contributed by atoms with Crippen molar-refractivity contribution in [3.63, 3.8) is 0 Å². The van der Waals surface area contributed by atoms with E-state index in [9.17, 15) is 4.79 Å². The zero-order chi connectivity index (χ0) is 23.6. The lowest BCUT2D eigenvalue weighted by Gasteiger charge is -2.10. The summed E-state index contributed by atoms with van der Waals surface area (Å²) in [5, 5.41) is 13.6. The first-order chi connectivity index (χ1) is 16.0. The van der Waals surface area contributed by atoms with Crippen LogP contribution in [-0.4, -0.2) is 33.0 Å². The van der Waals surface area contributed by atoms with E-state index in [1.165, 1.54) is 11.8 Å². The van der Waals surface area contributed by atoms with Gasteiger partial charge < -0.3 is 14.6 Å². The topological polar surface area (TPSA) is 69.0 Å². The number of nitrogens with one attached hydrogen (secondary N) is 1. The fourth-order valence-electron chi connectivity index (χ4n) is 3.09. The maximum atomic E-state index is 12.3. The lowest BCUT2D eigenvalue weighted by Crippen LogP contribution is -2.24. The van der Waals surface area contributed by atoms with Crippen LogP contribution >= 0.6 is 35.0 Å². The van der Waals surface area contributed by atoms with Gasteiger partial charge in [-0.3, -0.25) is 4.79 Å². The highest BCUT2D eigenvalue weighted by Gasteiger charge is 2.13. The van der Waals surface area contributed by atoms with Gasteiger partial charge >= 0.3 is 0 Å². The number of hydrogen-bond acceptors (Lipinski definition) is 5. The summed E-state index contributed by atoms with van der Waals surface area (Å²) < 4.78 is 7.85. The van der Waals surface area contributed by atoms with Gasteiger partial charge in [-0.25, -0.2) is 0 Å². The lowest BCUT2D eigenvalue weighted by molar-refractivity contribution is -0.118. The van der Waals surface area contributed by atoms with Crippen molar-refractivity contribution in [3.05, 3.63) is 82.1 Å². The molecule has 0 fully saturated rings. The van der Waals surface area contributed by atoms with Crippen molar-refractivity contribution in [3.8, 4) is 5.75 Å². The Morgan fingerprint density at radius 2 is 1.94 bits per heavy atom. The van der Waals surface area contributed by atoms with Gasteiger partial charge in [-0.1, -0.05) is 53.2 Å². The molecule has 9 heteroatoms.